The number of rotatable bonds is 5. The number of benzene rings is 1. The highest BCUT2D eigenvalue weighted by Crippen LogP contribution is 2.33. The molecule has 7 heteroatoms. The number of pyridine rings is 1. The molecule has 2 heterocycles. The van der Waals surface area contributed by atoms with E-state index in [1.54, 1.807) is 6.20 Å². The molecule has 0 unspecified atom stereocenters. The first-order chi connectivity index (χ1) is 12.0. The van der Waals surface area contributed by atoms with Gasteiger partial charge in [-0.05, 0) is 44.1 Å². The molecular formula is C18H23F3N4. The number of piperazine rings is 1. The van der Waals surface area contributed by atoms with Crippen molar-refractivity contribution >= 4 is 16.6 Å². The maximum absolute atomic E-state index is 12.9. The molecule has 1 fully saturated rings. The van der Waals surface area contributed by atoms with Crippen molar-refractivity contribution in [1.29, 1.82) is 0 Å². The maximum atomic E-state index is 12.9. The molecule has 0 bridgehead atoms. The van der Waals surface area contributed by atoms with E-state index in [9.17, 15) is 13.2 Å². The lowest BCUT2D eigenvalue weighted by atomic mass is 10.1. The molecule has 1 saturated heterocycles. The van der Waals surface area contributed by atoms with E-state index in [0.29, 0.717) is 5.52 Å². The van der Waals surface area contributed by atoms with Crippen LogP contribution in [0.5, 0.6) is 0 Å². The second-order valence-corrected chi connectivity index (χ2v) is 6.38. The number of aromatic nitrogens is 1. The lowest BCUT2D eigenvalue weighted by Gasteiger charge is -2.36. The molecule has 0 radical (unpaired) electrons. The van der Waals surface area contributed by atoms with Crippen LogP contribution in [0.15, 0.2) is 30.5 Å². The van der Waals surface area contributed by atoms with Crippen molar-refractivity contribution < 1.29 is 13.2 Å². The molecule has 2 aromatic rings. The van der Waals surface area contributed by atoms with E-state index >= 15 is 0 Å². The molecule has 1 aliphatic heterocycles. The first kappa shape index (κ1) is 17.9. The normalized spacial score (nSPS) is 16.6. The number of halogens is 3. The van der Waals surface area contributed by atoms with Crippen LogP contribution in [0.2, 0.25) is 0 Å². The zero-order valence-corrected chi connectivity index (χ0v) is 14.1. The molecule has 0 aliphatic carbocycles. The summed E-state index contributed by atoms with van der Waals surface area (Å²) in [5.74, 6) is 0. The predicted molar refractivity (Wildman–Crippen MR) is 93.7 cm³/mol. The molecule has 0 amide bonds. The summed E-state index contributed by atoms with van der Waals surface area (Å²) in [5, 5.41) is 0.770. The van der Waals surface area contributed by atoms with Gasteiger partial charge in [0.2, 0.25) is 0 Å². The smallest absolute Gasteiger partial charge is 0.368 e. The van der Waals surface area contributed by atoms with Crippen LogP contribution in [-0.2, 0) is 6.18 Å². The van der Waals surface area contributed by atoms with Gasteiger partial charge in [0.05, 0.1) is 11.1 Å². The summed E-state index contributed by atoms with van der Waals surface area (Å²) in [7, 11) is 0. The number of alkyl halides is 3. The molecule has 4 nitrogen and oxygen atoms in total. The molecule has 0 atom stereocenters. The van der Waals surface area contributed by atoms with E-state index in [0.717, 1.165) is 75.3 Å². The van der Waals surface area contributed by atoms with Crippen molar-refractivity contribution in [1.82, 2.24) is 9.88 Å². The first-order valence-electron chi connectivity index (χ1n) is 8.62. The van der Waals surface area contributed by atoms with Gasteiger partial charge < -0.3 is 10.6 Å². The number of nitrogens with zero attached hydrogens (tertiary/aromatic N) is 3. The molecule has 1 aliphatic rings. The minimum Gasteiger partial charge on any atom is -0.368 e. The number of hydrogen-bond acceptors (Lipinski definition) is 4. The number of fused-ring (bicyclic) bond motifs is 1. The Bertz CT molecular complexity index is 709. The van der Waals surface area contributed by atoms with Crippen LogP contribution in [-0.4, -0.2) is 49.2 Å². The monoisotopic (exact) mass is 352 g/mol. The van der Waals surface area contributed by atoms with Crippen LogP contribution in [0, 0.1) is 0 Å². The van der Waals surface area contributed by atoms with Gasteiger partial charge in [-0.25, -0.2) is 0 Å². The minimum absolute atomic E-state index is 0.387. The third kappa shape index (κ3) is 4.22. The highest BCUT2D eigenvalue weighted by Gasteiger charge is 2.31. The van der Waals surface area contributed by atoms with Crippen molar-refractivity contribution in [2.75, 3.05) is 44.2 Å². The van der Waals surface area contributed by atoms with Gasteiger partial charge in [0.1, 0.15) is 0 Å². The third-order valence-corrected chi connectivity index (χ3v) is 4.69. The molecule has 1 aromatic carbocycles. The van der Waals surface area contributed by atoms with Gasteiger partial charge in [-0.1, -0.05) is 6.07 Å². The van der Waals surface area contributed by atoms with Crippen molar-refractivity contribution in [2.24, 2.45) is 5.73 Å². The van der Waals surface area contributed by atoms with E-state index in [1.807, 2.05) is 6.07 Å². The second-order valence-electron chi connectivity index (χ2n) is 6.38. The Kier molecular flexibility index (Phi) is 5.44. The zero-order valence-electron chi connectivity index (χ0n) is 14.1. The molecule has 136 valence electrons. The number of hydrogen-bond donors (Lipinski definition) is 1. The number of unbranched alkanes of at least 4 members (excludes halogenated alkanes) is 1. The summed E-state index contributed by atoms with van der Waals surface area (Å²) in [4.78, 5) is 8.77. The van der Waals surface area contributed by atoms with Crippen LogP contribution in [0.25, 0.3) is 10.9 Å². The molecule has 3 rings (SSSR count). The fourth-order valence-corrected chi connectivity index (χ4v) is 3.28. The van der Waals surface area contributed by atoms with Crippen molar-refractivity contribution in [3.63, 3.8) is 0 Å². The minimum atomic E-state index is -4.35. The SMILES string of the molecule is NCCCCN1CCN(c2ccnc3cc(C(F)(F)F)ccc23)CC1. The molecule has 2 N–H and O–H groups in total. The van der Waals surface area contributed by atoms with Crippen LogP contribution < -0.4 is 10.6 Å². The predicted octanol–water partition coefficient (Wildman–Crippen LogP) is 3.11. The van der Waals surface area contributed by atoms with Gasteiger partial charge >= 0.3 is 6.18 Å². The quantitative estimate of drug-likeness (QED) is 0.840. The van der Waals surface area contributed by atoms with Gasteiger partial charge in [-0.2, -0.15) is 13.2 Å². The Morgan fingerprint density at radius 1 is 1.04 bits per heavy atom. The van der Waals surface area contributed by atoms with Gasteiger partial charge in [0, 0.05) is 43.4 Å². The van der Waals surface area contributed by atoms with Gasteiger partial charge in [0.15, 0.2) is 0 Å². The summed E-state index contributed by atoms with van der Waals surface area (Å²) in [6, 6.07) is 5.69. The van der Waals surface area contributed by atoms with Crippen LogP contribution in [0.3, 0.4) is 0 Å². The first-order valence-corrected chi connectivity index (χ1v) is 8.62. The second kappa shape index (κ2) is 7.58. The van der Waals surface area contributed by atoms with Crippen LogP contribution >= 0.6 is 0 Å². The van der Waals surface area contributed by atoms with Crippen molar-refractivity contribution in [3.8, 4) is 0 Å². The Labute approximate surface area is 145 Å². The average Bonchev–Trinajstić information content (AvgIpc) is 2.61. The highest BCUT2D eigenvalue weighted by atomic mass is 19.4. The topological polar surface area (TPSA) is 45.4 Å². The van der Waals surface area contributed by atoms with Gasteiger partial charge in [-0.3, -0.25) is 9.88 Å². The Hall–Kier alpha value is -1.86. The number of nitrogens with two attached hydrogens (primary N) is 1. The largest absolute Gasteiger partial charge is 0.416 e. The van der Waals surface area contributed by atoms with E-state index in [2.05, 4.69) is 14.8 Å². The average molecular weight is 352 g/mol. The van der Waals surface area contributed by atoms with Gasteiger partial charge in [0.25, 0.3) is 0 Å². The van der Waals surface area contributed by atoms with E-state index in [1.165, 1.54) is 6.07 Å². The highest BCUT2D eigenvalue weighted by molar-refractivity contribution is 5.92. The Morgan fingerprint density at radius 3 is 2.48 bits per heavy atom. The lowest BCUT2D eigenvalue weighted by molar-refractivity contribution is -0.137. The lowest BCUT2D eigenvalue weighted by Crippen LogP contribution is -2.46. The summed E-state index contributed by atoms with van der Waals surface area (Å²) in [6.45, 7) is 5.41. The maximum Gasteiger partial charge on any atom is 0.416 e. The third-order valence-electron chi connectivity index (χ3n) is 4.69. The van der Waals surface area contributed by atoms with Crippen LogP contribution in [0.1, 0.15) is 18.4 Å². The Morgan fingerprint density at radius 2 is 1.80 bits per heavy atom. The Balaban J connectivity index is 1.74. The summed E-state index contributed by atoms with van der Waals surface area (Å²) in [5.41, 5.74) is 6.22. The van der Waals surface area contributed by atoms with Crippen molar-refractivity contribution in [3.05, 3.63) is 36.0 Å². The van der Waals surface area contributed by atoms with E-state index < -0.39 is 11.7 Å². The van der Waals surface area contributed by atoms with E-state index in [-0.39, 0.29) is 0 Å². The molecule has 25 heavy (non-hydrogen) atoms. The number of anilines is 1. The molecule has 1 aromatic heterocycles. The standard InChI is InChI=1S/C18H23F3N4/c19-18(20,21)14-3-4-15-16(13-14)23-7-5-17(15)25-11-9-24(10-12-25)8-2-1-6-22/h3-5,7,13H,1-2,6,8-12,22H2. The molecule has 0 saturated carbocycles. The molecule has 0 spiro atoms. The fourth-order valence-electron chi connectivity index (χ4n) is 3.28. The summed E-state index contributed by atoms with van der Waals surface area (Å²) >= 11 is 0. The zero-order chi connectivity index (χ0) is 17.9. The van der Waals surface area contributed by atoms with Crippen molar-refractivity contribution in [2.45, 2.75) is 19.0 Å². The van der Waals surface area contributed by atoms with Crippen LogP contribution in [0.4, 0.5) is 18.9 Å². The molecular weight excluding hydrogens is 329 g/mol. The summed E-state index contributed by atoms with van der Waals surface area (Å²) in [6.07, 6.45) is -0.613. The fraction of sp³-hybridized carbons (Fsp3) is 0.500. The van der Waals surface area contributed by atoms with E-state index in [4.69, 9.17) is 5.73 Å². The summed E-state index contributed by atoms with van der Waals surface area (Å²) < 4.78 is 38.7. The van der Waals surface area contributed by atoms with Gasteiger partial charge in [-0.15, -0.1) is 0 Å².